The highest BCUT2D eigenvalue weighted by Crippen LogP contribution is 1.94. The Hall–Kier alpha value is -1.43. The van der Waals surface area contributed by atoms with Crippen LogP contribution in [0.5, 0.6) is 0 Å². The Morgan fingerprint density at radius 3 is 2.92 bits per heavy atom. The van der Waals surface area contributed by atoms with E-state index in [1.165, 1.54) is 0 Å². The fraction of sp³-hybridized carbons (Fsp3) is 0.571. The predicted octanol–water partition coefficient (Wildman–Crippen LogP) is -0.0593. The summed E-state index contributed by atoms with van der Waals surface area (Å²) in [4.78, 5) is 14.3. The first-order chi connectivity index (χ1) is 6.09. The Kier molecular flexibility index (Phi) is 2.97. The molecule has 0 aliphatic carbocycles. The van der Waals surface area contributed by atoms with E-state index in [-0.39, 0.29) is 0 Å². The number of aryl methyl sites for hydroxylation is 1. The van der Waals surface area contributed by atoms with E-state index in [1.54, 1.807) is 13.8 Å². The van der Waals surface area contributed by atoms with Crippen molar-refractivity contribution in [2.75, 3.05) is 0 Å². The standard InChI is InChI=1S/C7H11N3O3/c1-4(7(11)12)8-3-6-9-5(2)13-10-6/h4,8H,3H2,1-2H3,(H,11,12)/t4-/m1/s1. The van der Waals surface area contributed by atoms with Gasteiger partial charge in [0.25, 0.3) is 0 Å². The zero-order chi connectivity index (χ0) is 9.84. The van der Waals surface area contributed by atoms with Crippen LogP contribution >= 0.6 is 0 Å². The first-order valence-corrected chi connectivity index (χ1v) is 3.85. The number of rotatable bonds is 4. The van der Waals surface area contributed by atoms with Crippen LogP contribution in [0.1, 0.15) is 18.6 Å². The average molecular weight is 185 g/mol. The van der Waals surface area contributed by atoms with E-state index in [4.69, 9.17) is 9.63 Å². The maximum atomic E-state index is 10.4. The SMILES string of the molecule is Cc1nc(CN[C@H](C)C(=O)O)no1. The number of hydrogen-bond donors (Lipinski definition) is 2. The molecule has 0 amide bonds. The third kappa shape index (κ3) is 2.83. The average Bonchev–Trinajstić information content (AvgIpc) is 2.47. The van der Waals surface area contributed by atoms with Gasteiger partial charge in [0.2, 0.25) is 5.89 Å². The van der Waals surface area contributed by atoms with Crippen molar-refractivity contribution in [2.24, 2.45) is 0 Å². The largest absolute Gasteiger partial charge is 0.480 e. The van der Waals surface area contributed by atoms with Crippen molar-refractivity contribution in [3.05, 3.63) is 11.7 Å². The summed E-state index contributed by atoms with van der Waals surface area (Å²) in [6.07, 6.45) is 0. The van der Waals surface area contributed by atoms with E-state index in [0.717, 1.165) is 0 Å². The molecule has 0 saturated heterocycles. The summed E-state index contributed by atoms with van der Waals surface area (Å²) >= 11 is 0. The van der Waals surface area contributed by atoms with Gasteiger partial charge in [-0.15, -0.1) is 0 Å². The normalized spacial score (nSPS) is 12.8. The molecule has 6 heteroatoms. The van der Waals surface area contributed by atoms with Crippen LogP contribution in [-0.4, -0.2) is 27.3 Å². The summed E-state index contributed by atoms with van der Waals surface area (Å²) < 4.78 is 4.71. The smallest absolute Gasteiger partial charge is 0.320 e. The van der Waals surface area contributed by atoms with Gasteiger partial charge in [-0.3, -0.25) is 10.1 Å². The minimum Gasteiger partial charge on any atom is -0.480 e. The van der Waals surface area contributed by atoms with E-state index < -0.39 is 12.0 Å². The highest BCUT2D eigenvalue weighted by atomic mass is 16.5. The summed E-state index contributed by atoms with van der Waals surface area (Å²) in [5, 5.41) is 14.9. The monoisotopic (exact) mass is 185 g/mol. The number of carboxylic acid groups (broad SMARTS) is 1. The predicted molar refractivity (Wildman–Crippen MR) is 43.0 cm³/mol. The van der Waals surface area contributed by atoms with Gasteiger partial charge in [0.1, 0.15) is 6.04 Å². The van der Waals surface area contributed by atoms with Crippen LogP contribution in [0.2, 0.25) is 0 Å². The Balaban J connectivity index is 2.39. The first-order valence-electron chi connectivity index (χ1n) is 3.85. The van der Waals surface area contributed by atoms with E-state index in [0.29, 0.717) is 18.3 Å². The molecule has 0 radical (unpaired) electrons. The van der Waals surface area contributed by atoms with Gasteiger partial charge in [0.05, 0.1) is 6.54 Å². The molecule has 72 valence electrons. The van der Waals surface area contributed by atoms with Crippen LogP contribution in [0.3, 0.4) is 0 Å². The number of nitrogens with zero attached hydrogens (tertiary/aromatic N) is 2. The van der Waals surface area contributed by atoms with Crippen LogP contribution in [0, 0.1) is 6.92 Å². The fourth-order valence-corrected chi connectivity index (χ4v) is 0.745. The molecule has 0 fully saturated rings. The third-order valence-corrected chi connectivity index (χ3v) is 1.51. The molecule has 0 aromatic carbocycles. The zero-order valence-corrected chi connectivity index (χ0v) is 7.44. The topological polar surface area (TPSA) is 88.2 Å². The second-order valence-electron chi connectivity index (χ2n) is 2.67. The third-order valence-electron chi connectivity index (χ3n) is 1.51. The van der Waals surface area contributed by atoms with E-state index in [2.05, 4.69) is 15.5 Å². The molecule has 6 nitrogen and oxygen atoms in total. The summed E-state index contributed by atoms with van der Waals surface area (Å²) in [5.74, 6) is 0.0330. The molecule has 1 aromatic heterocycles. The fourth-order valence-electron chi connectivity index (χ4n) is 0.745. The molecule has 1 heterocycles. The lowest BCUT2D eigenvalue weighted by molar-refractivity contribution is -0.139. The second-order valence-corrected chi connectivity index (χ2v) is 2.67. The number of aromatic nitrogens is 2. The van der Waals surface area contributed by atoms with E-state index in [1.807, 2.05) is 0 Å². The van der Waals surface area contributed by atoms with Crippen molar-refractivity contribution in [1.82, 2.24) is 15.5 Å². The lowest BCUT2D eigenvalue weighted by Crippen LogP contribution is -2.33. The number of aliphatic carboxylic acids is 1. The first kappa shape index (κ1) is 9.66. The quantitative estimate of drug-likeness (QED) is 0.683. The Bertz CT molecular complexity index is 297. The molecular formula is C7H11N3O3. The number of hydrogen-bond acceptors (Lipinski definition) is 5. The van der Waals surface area contributed by atoms with Crippen LogP contribution in [-0.2, 0) is 11.3 Å². The second kappa shape index (κ2) is 3.99. The molecular weight excluding hydrogens is 174 g/mol. The number of nitrogens with one attached hydrogen (secondary N) is 1. The maximum Gasteiger partial charge on any atom is 0.320 e. The molecule has 0 unspecified atom stereocenters. The molecule has 1 aromatic rings. The van der Waals surface area contributed by atoms with Gasteiger partial charge in [-0.25, -0.2) is 0 Å². The summed E-state index contributed by atoms with van der Waals surface area (Å²) in [7, 11) is 0. The molecule has 1 atom stereocenters. The molecule has 0 bridgehead atoms. The summed E-state index contributed by atoms with van der Waals surface area (Å²) in [5.41, 5.74) is 0. The van der Waals surface area contributed by atoms with E-state index in [9.17, 15) is 4.79 Å². The Morgan fingerprint density at radius 2 is 2.46 bits per heavy atom. The van der Waals surface area contributed by atoms with Gasteiger partial charge < -0.3 is 9.63 Å². The van der Waals surface area contributed by atoms with Crippen molar-refractivity contribution in [2.45, 2.75) is 26.4 Å². The molecule has 0 aliphatic heterocycles. The minimum absolute atomic E-state index is 0.296. The molecule has 0 saturated carbocycles. The van der Waals surface area contributed by atoms with Gasteiger partial charge in [0, 0.05) is 6.92 Å². The lowest BCUT2D eigenvalue weighted by atomic mass is 10.3. The molecule has 0 aliphatic rings. The Morgan fingerprint density at radius 1 is 1.77 bits per heavy atom. The van der Waals surface area contributed by atoms with Crippen molar-refractivity contribution >= 4 is 5.97 Å². The van der Waals surface area contributed by atoms with Crippen molar-refractivity contribution in [3.8, 4) is 0 Å². The van der Waals surface area contributed by atoms with Gasteiger partial charge in [-0.05, 0) is 6.92 Å². The number of carboxylic acids is 1. The Labute approximate surface area is 74.9 Å². The summed E-state index contributed by atoms with van der Waals surface area (Å²) in [6, 6.07) is -0.612. The molecule has 1 rings (SSSR count). The van der Waals surface area contributed by atoms with Crippen LogP contribution in [0.15, 0.2) is 4.52 Å². The van der Waals surface area contributed by atoms with Crippen molar-refractivity contribution < 1.29 is 14.4 Å². The van der Waals surface area contributed by atoms with Gasteiger partial charge in [-0.1, -0.05) is 5.16 Å². The van der Waals surface area contributed by atoms with Crippen molar-refractivity contribution in [1.29, 1.82) is 0 Å². The highest BCUT2D eigenvalue weighted by Gasteiger charge is 2.10. The van der Waals surface area contributed by atoms with Crippen molar-refractivity contribution in [3.63, 3.8) is 0 Å². The lowest BCUT2D eigenvalue weighted by Gasteiger charge is -2.05. The molecule has 0 spiro atoms. The van der Waals surface area contributed by atoms with Crippen LogP contribution in [0.4, 0.5) is 0 Å². The molecule has 13 heavy (non-hydrogen) atoms. The molecule has 2 N–H and O–H groups in total. The van der Waals surface area contributed by atoms with E-state index >= 15 is 0 Å². The number of carbonyl (C=O) groups is 1. The highest BCUT2D eigenvalue weighted by molar-refractivity contribution is 5.72. The summed E-state index contributed by atoms with van der Waals surface area (Å²) in [6.45, 7) is 3.53. The van der Waals surface area contributed by atoms with Gasteiger partial charge >= 0.3 is 5.97 Å². The minimum atomic E-state index is -0.903. The van der Waals surface area contributed by atoms with Gasteiger partial charge in [-0.2, -0.15) is 4.98 Å². The maximum absolute atomic E-state index is 10.4. The van der Waals surface area contributed by atoms with Gasteiger partial charge in [0.15, 0.2) is 5.82 Å². The van der Waals surface area contributed by atoms with Crippen LogP contribution < -0.4 is 5.32 Å². The van der Waals surface area contributed by atoms with Crippen LogP contribution in [0.25, 0.3) is 0 Å². The zero-order valence-electron chi connectivity index (χ0n) is 7.44.